The first-order chi connectivity index (χ1) is 8.50. The highest BCUT2D eigenvalue weighted by molar-refractivity contribution is 5.89. The van der Waals surface area contributed by atoms with Crippen molar-refractivity contribution in [2.75, 3.05) is 12.4 Å². The van der Waals surface area contributed by atoms with Crippen molar-refractivity contribution in [1.29, 1.82) is 0 Å². The largest absolute Gasteiger partial charge is 0.465 e. The molecule has 1 unspecified atom stereocenters. The average Bonchev–Trinajstić information content (AvgIpc) is 2.68. The van der Waals surface area contributed by atoms with E-state index in [1.54, 1.807) is 18.3 Å². The fraction of sp³-hybridized carbons (Fsp3) is 0.571. The molecule has 0 saturated heterocycles. The SMILES string of the molecule is COC(=O)c1ccnc(NC2CCC(C)(C)C2)c1. The summed E-state index contributed by atoms with van der Waals surface area (Å²) >= 11 is 0. The summed E-state index contributed by atoms with van der Waals surface area (Å²) in [4.78, 5) is 15.7. The third-order valence-corrected chi connectivity index (χ3v) is 3.50. The molecule has 1 aliphatic carbocycles. The monoisotopic (exact) mass is 248 g/mol. The predicted molar refractivity (Wildman–Crippen MR) is 70.6 cm³/mol. The Hall–Kier alpha value is -1.58. The van der Waals surface area contributed by atoms with Crippen molar-refractivity contribution in [3.05, 3.63) is 23.9 Å². The first-order valence-electron chi connectivity index (χ1n) is 6.31. The lowest BCUT2D eigenvalue weighted by molar-refractivity contribution is 0.0600. The van der Waals surface area contributed by atoms with Crippen molar-refractivity contribution in [2.24, 2.45) is 5.41 Å². The van der Waals surface area contributed by atoms with Crippen LogP contribution in [0.5, 0.6) is 0 Å². The molecule has 0 aromatic carbocycles. The van der Waals surface area contributed by atoms with Crippen LogP contribution in [-0.2, 0) is 4.74 Å². The van der Waals surface area contributed by atoms with Gasteiger partial charge in [0.15, 0.2) is 0 Å². The summed E-state index contributed by atoms with van der Waals surface area (Å²) in [5.41, 5.74) is 0.935. The lowest BCUT2D eigenvalue weighted by Gasteiger charge is -2.18. The van der Waals surface area contributed by atoms with E-state index in [-0.39, 0.29) is 5.97 Å². The number of nitrogens with zero attached hydrogens (tertiary/aromatic N) is 1. The quantitative estimate of drug-likeness (QED) is 0.836. The summed E-state index contributed by atoms with van der Waals surface area (Å²) < 4.78 is 4.70. The molecule has 0 amide bonds. The van der Waals surface area contributed by atoms with E-state index in [9.17, 15) is 4.79 Å². The maximum atomic E-state index is 11.4. The number of aromatic nitrogens is 1. The number of carbonyl (C=O) groups excluding carboxylic acids is 1. The second-order valence-electron chi connectivity index (χ2n) is 5.67. The molecule has 1 aliphatic rings. The fourth-order valence-electron chi connectivity index (χ4n) is 2.52. The van der Waals surface area contributed by atoms with Gasteiger partial charge in [-0.2, -0.15) is 0 Å². The topological polar surface area (TPSA) is 51.2 Å². The third-order valence-electron chi connectivity index (χ3n) is 3.50. The van der Waals surface area contributed by atoms with E-state index in [1.807, 2.05) is 0 Å². The maximum Gasteiger partial charge on any atom is 0.338 e. The highest BCUT2D eigenvalue weighted by Crippen LogP contribution is 2.38. The highest BCUT2D eigenvalue weighted by Gasteiger charge is 2.30. The van der Waals surface area contributed by atoms with Gasteiger partial charge in [0, 0.05) is 12.2 Å². The molecule has 98 valence electrons. The van der Waals surface area contributed by atoms with Crippen LogP contribution in [0.4, 0.5) is 5.82 Å². The molecule has 4 heteroatoms. The Bertz CT molecular complexity index is 443. The second kappa shape index (κ2) is 4.96. The first-order valence-corrected chi connectivity index (χ1v) is 6.31. The first kappa shape index (κ1) is 12.9. The zero-order valence-corrected chi connectivity index (χ0v) is 11.2. The van der Waals surface area contributed by atoms with E-state index in [0.29, 0.717) is 17.0 Å². The van der Waals surface area contributed by atoms with Crippen LogP contribution in [0.1, 0.15) is 43.5 Å². The molecular formula is C14H20N2O2. The summed E-state index contributed by atoms with van der Waals surface area (Å²) in [6.45, 7) is 4.57. The van der Waals surface area contributed by atoms with E-state index >= 15 is 0 Å². The van der Waals surface area contributed by atoms with Crippen LogP contribution in [0.3, 0.4) is 0 Å². The standard InChI is InChI=1S/C14H20N2O2/c1-14(2)6-4-11(9-14)16-12-8-10(5-7-15-12)13(17)18-3/h5,7-8,11H,4,6,9H2,1-3H3,(H,15,16). The number of ether oxygens (including phenoxy) is 1. The molecule has 1 aromatic rings. The Labute approximate surface area is 108 Å². The fourth-order valence-corrected chi connectivity index (χ4v) is 2.52. The van der Waals surface area contributed by atoms with Crippen LogP contribution in [-0.4, -0.2) is 24.1 Å². The second-order valence-corrected chi connectivity index (χ2v) is 5.67. The lowest BCUT2D eigenvalue weighted by atomic mass is 9.92. The van der Waals surface area contributed by atoms with Gasteiger partial charge in [0.05, 0.1) is 12.7 Å². The lowest BCUT2D eigenvalue weighted by Crippen LogP contribution is -2.18. The van der Waals surface area contributed by atoms with Crippen LogP contribution in [0.25, 0.3) is 0 Å². The number of methoxy groups -OCH3 is 1. The Morgan fingerprint density at radius 3 is 2.94 bits per heavy atom. The summed E-state index contributed by atoms with van der Waals surface area (Å²) in [6, 6.07) is 3.85. The molecule has 1 fully saturated rings. The molecule has 1 atom stereocenters. The number of pyridine rings is 1. The molecule has 0 aliphatic heterocycles. The van der Waals surface area contributed by atoms with Crippen LogP contribution < -0.4 is 5.32 Å². The van der Waals surface area contributed by atoms with Gasteiger partial charge in [0.25, 0.3) is 0 Å². The molecule has 18 heavy (non-hydrogen) atoms. The van der Waals surface area contributed by atoms with Crippen molar-refractivity contribution in [2.45, 2.75) is 39.2 Å². The normalized spacial score (nSPS) is 21.6. The van der Waals surface area contributed by atoms with Gasteiger partial charge in [0.1, 0.15) is 5.82 Å². The van der Waals surface area contributed by atoms with E-state index < -0.39 is 0 Å². The molecular weight excluding hydrogens is 228 g/mol. The van der Waals surface area contributed by atoms with Gasteiger partial charge < -0.3 is 10.1 Å². The van der Waals surface area contributed by atoms with Gasteiger partial charge in [-0.3, -0.25) is 0 Å². The van der Waals surface area contributed by atoms with Gasteiger partial charge in [-0.15, -0.1) is 0 Å². The number of esters is 1. The summed E-state index contributed by atoms with van der Waals surface area (Å²) in [5.74, 6) is 0.424. The van der Waals surface area contributed by atoms with Crippen molar-refractivity contribution >= 4 is 11.8 Å². The minimum absolute atomic E-state index is 0.327. The summed E-state index contributed by atoms with van der Waals surface area (Å²) in [6.07, 6.45) is 5.14. The molecule has 1 aromatic heterocycles. The number of anilines is 1. The van der Waals surface area contributed by atoms with Crippen LogP contribution in [0, 0.1) is 5.41 Å². The molecule has 1 heterocycles. The van der Waals surface area contributed by atoms with Crippen molar-refractivity contribution in [3.63, 3.8) is 0 Å². The van der Waals surface area contributed by atoms with E-state index in [2.05, 4.69) is 24.1 Å². The number of hydrogen-bond acceptors (Lipinski definition) is 4. The number of nitrogens with one attached hydrogen (secondary N) is 1. The summed E-state index contributed by atoms with van der Waals surface area (Å²) in [7, 11) is 1.38. The average molecular weight is 248 g/mol. The Kier molecular flexibility index (Phi) is 3.55. The molecule has 4 nitrogen and oxygen atoms in total. The van der Waals surface area contributed by atoms with Gasteiger partial charge in [-0.25, -0.2) is 9.78 Å². The van der Waals surface area contributed by atoms with Gasteiger partial charge in [-0.1, -0.05) is 13.8 Å². The van der Waals surface area contributed by atoms with Crippen molar-refractivity contribution in [3.8, 4) is 0 Å². The molecule has 1 N–H and O–H groups in total. The van der Waals surface area contributed by atoms with Crippen LogP contribution >= 0.6 is 0 Å². The zero-order chi connectivity index (χ0) is 13.2. The van der Waals surface area contributed by atoms with Gasteiger partial charge >= 0.3 is 5.97 Å². The van der Waals surface area contributed by atoms with Crippen LogP contribution in [0.15, 0.2) is 18.3 Å². The number of rotatable bonds is 3. The van der Waals surface area contributed by atoms with E-state index in [4.69, 9.17) is 4.74 Å². The minimum atomic E-state index is -0.327. The van der Waals surface area contributed by atoms with Crippen molar-refractivity contribution in [1.82, 2.24) is 4.98 Å². The van der Waals surface area contributed by atoms with Gasteiger partial charge in [-0.05, 0) is 36.8 Å². The minimum Gasteiger partial charge on any atom is -0.465 e. The van der Waals surface area contributed by atoms with E-state index in [1.165, 1.54) is 13.5 Å². The third kappa shape index (κ3) is 3.00. The summed E-state index contributed by atoms with van der Waals surface area (Å²) in [5, 5.41) is 3.40. The number of hydrogen-bond donors (Lipinski definition) is 1. The number of carbonyl (C=O) groups is 1. The maximum absolute atomic E-state index is 11.4. The van der Waals surface area contributed by atoms with Crippen LogP contribution in [0.2, 0.25) is 0 Å². The van der Waals surface area contributed by atoms with E-state index in [0.717, 1.165) is 18.7 Å². The highest BCUT2D eigenvalue weighted by atomic mass is 16.5. The zero-order valence-electron chi connectivity index (χ0n) is 11.2. The Morgan fingerprint density at radius 2 is 2.33 bits per heavy atom. The smallest absolute Gasteiger partial charge is 0.338 e. The molecule has 0 spiro atoms. The predicted octanol–water partition coefficient (Wildman–Crippen LogP) is 2.86. The molecule has 1 saturated carbocycles. The molecule has 0 radical (unpaired) electrons. The Morgan fingerprint density at radius 1 is 1.56 bits per heavy atom. The molecule has 0 bridgehead atoms. The molecule has 2 rings (SSSR count). The van der Waals surface area contributed by atoms with Crippen molar-refractivity contribution < 1.29 is 9.53 Å². The van der Waals surface area contributed by atoms with Gasteiger partial charge in [0.2, 0.25) is 0 Å². The Balaban J connectivity index is 2.04.